The monoisotopic (exact) mass is 482 g/mol. The molecule has 0 spiro atoms. The number of aromatic hydroxyl groups is 1. The average Bonchev–Trinajstić information content (AvgIpc) is 3.18. The number of anilines is 1. The zero-order valence-corrected chi connectivity index (χ0v) is 20.4. The maximum Gasteiger partial charge on any atom is 0.321 e. The van der Waals surface area contributed by atoms with Gasteiger partial charge in [-0.3, -0.25) is 9.88 Å². The van der Waals surface area contributed by atoms with Gasteiger partial charge in [0.25, 0.3) is 0 Å². The molecule has 0 bridgehead atoms. The maximum atomic E-state index is 13.1. The summed E-state index contributed by atoms with van der Waals surface area (Å²) < 4.78 is 5.20. The number of phenols is 1. The molecule has 2 N–H and O–H groups in total. The molecule has 0 saturated carbocycles. The molecule has 2 fully saturated rings. The lowest BCUT2D eigenvalue weighted by Gasteiger charge is -2.29. The van der Waals surface area contributed by atoms with Crippen molar-refractivity contribution >= 4 is 11.7 Å². The molecule has 2 aromatic carbocycles. The summed E-state index contributed by atoms with van der Waals surface area (Å²) in [6.45, 7) is 3.40. The van der Waals surface area contributed by atoms with Crippen LogP contribution in [-0.2, 0) is 0 Å². The molecular formula is C29H30N4O3. The SMILES string of the molecule is COc1ccc(NC(=O)N2CCCN3CC[C@H](c4ccc(C#Cc5ccccc5O)cn4)[C@@H]3C2)cc1. The Labute approximate surface area is 211 Å². The first-order valence-corrected chi connectivity index (χ1v) is 12.3. The molecule has 184 valence electrons. The first-order valence-electron chi connectivity index (χ1n) is 12.3. The molecule has 2 saturated heterocycles. The Morgan fingerprint density at radius 2 is 1.89 bits per heavy atom. The van der Waals surface area contributed by atoms with Crippen LogP contribution in [-0.4, -0.2) is 65.3 Å². The van der Waals surface area contributed by atoms with E-state index in [2.05, 4.69) is 28.1 Å². The van der Waals surface area contributed by atoms with Crippen molar-refractivity contribution in [2.45, 2.75) is 24.8 Å². The normalized spacial score (nSPS) is 19.5. The Bertz CT molecular complexity index is 1260. The number of aromatic nitrogens is 1. The van der Waals surface area contributed by atoms with E-state index < -0.39 is 0 Å². The summed E-state index contributed by atoms with van der Waals surface area (Å²) in [6.07, 6.45) is 3.78. The van der Waals surface area contributed by atoms with Gasteiger partial charge in [0.1, 0.15) is 11.5 Å². The Balaban J connectivity index is 1.27. The highest BCUT2D eigenvalue weighted by Gasteiger charge is 2.39. The van der Waals surface area contributed by atoms with Gasteiger partial charge in [-0.15, -0.1) is 0 Å². The number of nitrogens with zero attached hydrogens (tertiary/aromatic N) is 3. The molecule has 2 aliphatic rings. The Hall–Kier alpha value is -4.02. The third kappa shape index (κ3) is 5.29. The smallest absolute Gasteiger partial charge is 0.321 e. The van der Waals surface area contributed by atoms with Gasteiger partial charge in [-0.25, -0.2) is 4.79 Å². The summed E-state index contributed by atoms with van der Waals surface area (Å²) in [4.78, 5) is 22.3. The van der Waals surface area contributed by atoms with E-state index in [1.54, 1.807) is 31.5 Å². The van der Waals surface area contributed by atoms with Crippen LogP contribution in [0.4, 0.5) is 10.5 Å². The summed E-state index contributed by atoms with van der Waals surface area (Å²) in [5.74, 6) is 7.29. The van der Waals surface area contributed by atoms with Crippen LogP contribution >= 0.6 is 0 Å². The van der Waals surface area contributed by atoms with Gasteiger partial charge >= 0.3 is 6.03 Å². The number of hydrogen-bond acceptors (Lipinski definition) is 5. The number of ether oxygens (including phenoxy) is 1. The van der Waals surface area contributed by atoms with Crippen LogP contribution < -0.4 is 10.1 Å². The molecule has 0 unspecified atom stereocenters. The van der Waals surface area contributed by atoms with Crippen LogP contribution in [0.1, 0.15) is 35.6 Å². The minimum atomic E-state index is -0.0737. The van der Waals surface area contributed by atoms with Crippen molar-refractivity contribution in [3.05, 3.63) is 83.7 Å². The van der Waals surface area contributed by atoms with Crippen LogP contribution in [0.15, 0.2) is 66.9 Å². The lowest BCUT2D eigenvalue weighted by atomic mass is 9.95. The number of pyridine rings is 1. The Kier molecular flexibility index (Phi) is 7.06. The maximum absolute atomic E-state index is 13.1. The van der Waals surface area contributed by atoms with Crippen molar-refractivity contribution in [1.29, 1.82) is 0 Å². The number of phenolic OH excluding ortho intramolecular Hbond substituents is 1. The molecule has 0 aliphatic carbocycles. The number of methoxy groups -OCH3 is 1. The second kappa shape index (κ2) is 10.7. The van der Waals surface area contributed by atoms with E-state index in [9.17, 15) is 9.90 Å². The molecule has 36 heavy (non-hydrogen) atoms. The third-order valence-corrected chi connectivity index (χ3v) is 6.98. The highest BCUT2D eigenvalue weighted by Crippen LogP contribution is 2.34. The quantitative estimate of drug-likeness (QED) is 0.545. The minimum absolute atomic E-state index is 0.0737. The number of carbonyl (C=O) groups excluding carboxylic acids is 1. The van der Waals surface area contributed by atoms with Gasteiger partial charge in [0.05, 0.1) is 12.7 Å². The third-order valence-electron chi connectivity index (χ3n) is 6.98. The van der Waals surface area contributed by atoms with Crippen molar-refractivity contribution in [2.24, 2.45) is 0 Å². The van der Waals surface area contributed by atoms with Gasteiger partial charge < -0.3 is 20.1 Å². The van der Waals surface area contributed by atoms with Gasteiger partial charge in [-0.2, -0.15) is 0 Å². The van der Waals surface area contributed by atoms with Crippen LogP contribution in [0.3, 0.4) is 0 Å². The van der Waals surface area contributed by atoms with Crippen molar-refractivity contribution in [3.63, 3.8) is 0 Å². The van der Waals surface area contributed by atoms with E-state index in [1.165, 1.54) is 0 Å². The van der Waals surface area contributed by atoms with Crippen LogP contribution in [0.2, 0.25) is 0 Å². The topological polar surface area (TPSA) is 77.9 Å². The fourth-order valence-corrected chi connectivity index (χ4v) is 5.04. The Morgan fingerprint density at radius 3 is 2.64 bits per heavy atom. The molecule has 2 aliphatic heterocycles. The number of amides is 2. The van der Waals surface area contributed by atoms with Gasteiger partial charge in [-0.1, -0.05) is 24.0 Å². The van der Waals surface area contributed by atoms with Crippen molar-refractivity contribution in [2.75, 3.05) is 38.6 Å². The zero-order valence-electron chi connectivity index (χ0n) is 20.4. The van der Waals surface area contributed by atoms with Crippen molar-refractivity contribution in [3.8, 4) is 23.3 Å². The highest BCUT2D eigenvalue weighted by atomic mass is 16.5. The number of carbonyl (C=O) groups is 1. The largest absolute Gasteiger partial charge is 0.507 e. The number of fused-ring (bicyclic) bond motifs is 1. The van der Waals surface area contributed by atoms with Gasteiger partial charge in [-0.05, 0) is 67.9 Å². The van der Waals surface area contributed by atoms with E-state index in [4.69, 9.17) is 9.72 Å². The molecule has 2 amide bonds. The molecule has 0 radical (unpaired) electrons. The predicted octanol–water partition coefficient (Wildman–Crippen LogP) is 4.29. The van der Waals surface area contributed by atoms with Gasteiger partial charge in [0.2, 0.25) is 0 Å². The average molecular weight is 483 g/mol. The fourth-order valence-electron chi connectivity index (χ4n) is 5.04. The summed E-state index contributed by atoms with van der Waals surface area (Å²) in [6, 6.07) is 18.6. The van der Waals surface area contributed by atoms with E-state index >= 15 is 0 Å². The first-order chi connectivity index (χ1) is 17.6. The summed E-state index contributed by atoms with van der Waals surface area (Å²) in [7, 11) is 1.63. The van der Waals surface area contributed by atoms with E-state index in [0.29, 0.717) is 12.1 Å². The van der Waals surface area contributed by atoms with Crippen LogP contribution in [0, 0.1) is 11.8 Å². The summed E-state index contributed by atoms with van der Waals surface area (Å²) in [5.41, 5.74) is 3.19. The summed E-state index contributed by atoms with van der Waals surface area (Å²) >= 11 is 0. The number of benzene rings is 2. The number of urea groups is 1. The van der Waals surface area contributed by atoms with Crippen molar-refractivity contribution in [1.82, 2.24) is 14.8 Å². The zero-order chi connectivity index (χ0) is 24.9. The van der Waals surface area contributed by atoms with Gasteiger partial charge in [0, 0.05) is 54.7 Å². The summed E-state index contributed by atoms with van der Waals surface area (Å²) in [5, 5.41) is 12.9. The molecule has 3 aromatic rings. The molecule has 3 heterocycles. The Morgan fingerprint density at radius 1 is 1.06 bits per heavy atom. The van der Waals surface area contributed by atoms with Crippen LogP contribution in [0.25, 0.3) is 0 Å². The van der Waals surface area contributed by atoms with E-state index in [0.717, 1.165) is 55.2 Å². The lowest BCUT2D eigenvalue weighted by Crippen LogP contribution is -2.43. The van der Waals surface area contributed by atoms with E-state index in [1.807, 2.05) is 41.3 Å². The molecule has 2 atom stereocenters. The van der Waals surface area contributed by atoms with Gasteiger partial charge in [0.15, 0.2) is 0 Å². The number of para-hydroxylation sites is 1. The second-order valence-corrected chi connectivity index (χ2v) is 9.20. The van der Waals surface area contributed by atoms with Crippen LogP contribution in [0.5, 0.6) is 11.5 Å². The first kappa shape index (κ1) is 23.7. The van der Waals surface area contributed by atoms with E-state index in [-0.39, 0.29) is 23.7 Å². The highest BCUT2D eigenvalue weighted by molar-refractivity contribution is 5.89. The minimum Gasteiger partial charge on any atom is -0.507 e. The predicted molar refractivity (Wildman–Crippen MR) is 139 cm³/mol. The molecular weight excluding hydrogens is 452 g/mol. The number of nitrogens with one attached hydrogen (secondary N) is 1. The number of hydrogen-bond donors (Lipinski definition) is 2. The fraction of sp³-hybridized carbons (Fsp3) is 0.310. The molecule has 5 rings (SSSR count). The molecule has 1 aromatic heterocycles. The molecule has 7 nitrogen and oxygen atoms in total. The lowest BCUT2D eigenvalue weighted by molar-refractivity contribution is 0.196. The molecule has 7 heteroatoms. The second-order valence-electron chi connectivity index (χ2n) is 9.20. The van der Waals surface area contributed by atoms with Crippen molar-refractivity contribution < 1.29 is 14.6 Å². The standard InChI is InChI=1S/C29H30N4O3/c1-36-24-12-10-23(11-13-24)31-29(35)33-17-4-16-32-18-15-25(27(32)20-33)26-14-8-21(19-30-26)7-9-22-5-2-3-6-28(22)34/h2-3,5-6,8,10-14,19,25,27,34H,4,15-18,20H2,1H3,(H,31,35)/t25-,27+/m1/s1. The number of rotatable bonds is 3.